The SMILES string of the molecule is Fc1cc(Cl)cc(CNc2ccc(Br)cc2Cl)c1. The lowest BCUT2D eigenvalue weighted by Crippen LogP contribution is -2.00. The first kappa shape index (κ1) is 13.7. The lowest BCUT2D eigenvalue weighted by molar-refractivity contribution is 0.626. The van der Waals surface area contributed by atoms with Crippen LogP contribution in [0.4, 0.5) is 10.1 Å². The molecule has 0 saturated carbocycles. The van der Waals surface area contributed by atoms with Crippen LogP contribution in [0.15, 0.2) is 40.9 Å². The maximum Gasteiger partial charge on any atom is 0.125 e. The summed E-state index contributed by atoms with van der Waals surface area (Å²) in [7, 11) is 0. The van der Waals surface area contributed by atoms with Crippen molar-refractivity contribution in [3.63, 3.8) is 0 Å². The van der Waals surface area contributed by atoms with Gasteiger partial charge in [0, 0.05) is 16.0 Å². The molecule has 1 N–H and O–H groups in total. The van der Waals surface area contributed by atoms with Gasteiger partial charge in [-0.1, -0.05) is 39.1 Å². The van der Waals surface area contributed by atoms with Crippen LogP contribution < -0.4 is 5.32 Å². The summed E-state index contributed by atoms with van der Waals surface area (Å²) in [6, 6.07) is 9.95. The van der Waals surface area contributed by atoms with Crippen molar-refractivity contribution in [1.82, 2.24) is 0 Å². The van der Waals surface area contributed by atoms with Gasteiger partial charge in [0.1, 0.15) is 5.82 Å². The Kier molecular flexibility index (Phi) is 4.49. The highest BCUT2D eigenvalue weighted by atomic mass is 79.9. The van der Waals surface area contributed by atoms with E-state index in [2.05, 4.69) is 21.2 Å². The van der Waals surface area contributed by atoms with Crippen molar-refractivity contribution >= 4 is 44.8 Å². The van der Waals surface area contributed by atoms with Crippen LogP contribution in [0.25, 0.3) is 0 Å². The number of hydrogen-bond donors (Lipinski definition) is 1. The van der Waals surface area contributed by atoms with Crippen LogP contribution in [0.2, 0.25) is 10.0 Å². The van der Waals surface area contributed by atoms with Gasteiger partial charge in [-0.2, -0.15) is 0 Å². The van der Waals surface area contributed by atoms with Crippen molar-refractivity contribution in [2.75, 3.05) is 5.32 Å². The lowest BCUT2D eigenvalue weighted by atomic mass is 10.2. The van der Waals surface area contributed by atoms with E-state index in [1.165, 1.54) is 12.1 Å². The zero-order valence-electron chi connectivity index (χ0n) is 9.18. The van der Waals surface area contributed by atoms with E-state index in [4.69, 9.17) is 23.2 Å². The van der Waals surface area contributed by atoms with Gasteiger partial charge in [-0.25, -0.2) is 4.39 Å². The molecule has 0 amide bonds. The molecule has 0 radical (unpaired) electrons. The predicted octanol–water partition coefficient (Wildman–Crippen LogP) is 5.51. The summed E-state index contributed by atoms with van der Waals surface area (Å²) in [4.78, 5) is 0. The Morgan fingerprint density at radius 3 is 2.56 bits per heavy atom. The van der Waals surface area contributed by atoms with Crippen LogP contribution in [0, 0.1) is 5.82 Å². The standard InChI is InChI=1S/C13H9BrCl2FN/c14-9-1-2-13(12(16)5-9)18-7-8-3-10(15)6-11(17)4-8/h1-6,18H,7H2. The summed E-state index contributed by atoms with van der Waals surface area (Å²) in [5.41, 5.74) is 1.55. The van der Waals surface area contributed by atoms with Gasteiger partial charge < -0.3 is 5.32 Å². The highest BCUT2D eigenvalue weighted by molar-refractivity contribution is 9.10. The van der Waals surface area contributed by atoms with Gasteiger partial charge in [0.15, 0.2) is 0 Å². The molecule has 0 unspecified atom stereocenters. The van der Waals surface area contributed by atoms with Gasteiger partial charge in [0.25, 0.3) is 0 Å². The van der Waals surface area contributed by atoms with Gasteiger partial charge in [0.05, 0.1) is 10.7 Å². The molecule has 0 spiro atoms. The summed E-state index contributed by atoms with van der Waals surface area (Å²) < 4.78 is 14.1. The Labute approximate surface area is 123 Å². The van der Waals surface area contributed by atoms with Gasteiger partial charge in [-0.15, -0.1) is 0 Å². The second kappa shape index (κ2) is 5.91. The van der Waals surface area contributed by atoms with Crippen molar-refractivity contribution < 1.29 is 4.39 Å². The third-order valence-electron chi connectivity index (χ3n) is 2.34. The summed E-state index contributed by atoms with van der Waals surface area (Å²) in [6.45, 7) is 0.457. The predicted molar refractivity (Wildman–Crippen MR) is 77.9 cm³/mol. The lowest BCUT2D eigenvalue weighted by Gasteiger charge is -2.09. The molecule has 0 aromatic heterocycles. The van der Waals surface area contributed by atoms with Crippen molar-refractivity contribution in [2.45, 2.75) is 6.54 Å². The second-order valence-electron chi connectivity index (χ2n) is 3.76. The Morgan fingerprint density at radius 1 is 1.11 bits per heavy atom. The minimum absolute atomic E-state index is 0.346. The van der Waals surface area contributed by atoms with E-state index in [1.54, 1.807) is 12.1 Å². The van der Waals surface area contributed by atoms with E-state index < -0.39 is 0 Å². The molecule has 0 aliphatic rings. The number of anilines is 1. The molecule has 0 bridgehead atoms. The van der Waals surface area contributed by atoms with Crippen molar-refractivity contribution in [3.05, 3.63) is 62.3 Å². The molecule has 2 rings (SSSR count). The third kappa shape index (κ3) is 3.61. The Bertz CT molecular complexity index is 555. The Balaban J connectivity index is 2.11. The van der Waals surface area contributed by atoms with Gasteiger partial charge in [-0.05, 0) is 42.0 Å². The largest absolute Gasteiger partial charge is 0.380 e. The fourth-order valence-electron chi connectivity index (χ4n) is 1.54. The first-order valence-corrected chi connectivity index (χ1v) is 6.73. The zero-order valence-corrected chi connectivity index (χ0v) is 12.3. The number of nitrogens with one attached hydrogen (secondary N) is 1. The summed E-state index contributed by atoms with van der Waals surface area (Å²) in [5.74, 6) is -0.346. The molecule has 0 atom stereocenters. The highest BCUT2D eigenvalue weighted by Gasteiger charge is 2.03. The molecule has 0 saturated heterocycles. The van der Waals surface area contributed by atoms with E-state index in [0.717, 1.165) is 15.7 Å². The van der Waals surface area contributed by atoms with Crippen molar-refractivity contribution in [2.24, 2.45) is 0 Å². The van der Waals surface area contributed by atoms with Crippen LogP contribution >= 0.6 is 39.1 Å². The van der Waals surface area contributed by atoms with Gasteiger partial charge in [0.2, 0.25) is 0 Å². The van der Waals surface area contributed by atoms with Crippen molar-refractivity contribution in [3.8, 4) is 0 Å². The number of rotatable bonds is 3. The number of hydrogen-bond acceptors (Lipinski definition) is 1. The number of benzene rings is 2. The van der Waals surface area contributed by atoms with E-state index in [1.807, 2.05) is 12.1 Å². The highest BCUT2D eigenvalue weighted by Crippen LogP contribution is 2.26. The van der Waals surface area contributed by atoms with Crippen LogP contribution in [0.1, 0.15) is 5.56 Å². The monoisotopic (exact) mass is 347 g/mol. The molecule has 18 heavy (non-hydrogen) atoms. The molecular weight excluding hydrogens is 340 g/mol. The normalized spacial score (nSPS) is 10.4. The maximum absolute atomic E-state index is 13.1. The van der Waals surface area contributed by atoms with Crippen LogP contribution in [-0.4, -0.2) is 0 Å². The molecular formula is C13H9BrCl2FN. The minimum Gasteiger partial charge on any atom is -0.380 e. The average Bonchev–Trinajstić information content (AvgIpc) is 2.26. The minimum atomic E-state index is -0.346. The number of halogens is 4. The molecule has 1 nitrogen and oxygen atoms in total. The molecule has 94 valence electrons. The first-order valence-electron chi connectivity index (χ1n) is 5.18. The van der Waals surface area contributed by atoms with E-state index in [-0.39, 0.29) is 5.82 Å². The third-order valence-corrected chi connectivity index (χ3v) is 3.36. The van der Waals surface area contributed by atoms with Gasteiger partial charge in [-0.3, -0.25) is 0 Å². The average molecular weight is 349 g/mol. The molecule has 0 heterocycles. The van der Waals surface area contributed by atoms with Gasteiger partial charge >= 0.3 is 0 Å². The van der Waals surface area contributed by atoms with Crippen LogP contribution in [0.5, 0.6) is 0 Å². The quantitative estimate of drug-likeness (QED) is 0.771. The van der Waals surface area contributed by atoms with Crippen LogP contribution in [0.3, 0.4) is 0 Å². The fraction of sp³-hybridized carbons (Fsp3) is 0.0769. The van der Waals surface area contributed by atoms with Crippen molar-refractivity contribution in [1.29, 1.82) is 0 Å². The smallest absolute Gasteiger partial charge is 0.125 e. The molecule has 0 aliphatic heterocycles. The molecule has 0 aliphatic carbocycles. The fourth-order valence-corrected chi connectivity index (χ4v) is 2.53. The Hall–Kier alpha value is -0.770. The molecule has 2 aromatic carbocycles. The van der Waals surface area contributed by atoms with E-state index in [9.17, 15) is 4.39 Å². The zero-order chi connectivity index (χ0) is 13.1. The second-order valence-corrected chi connectivity index (χ2v) is 5.51. The topological polar surface area (TPSA) is 12.0 Å². The van der Waals surface area contributed by atoms with Crippen LogP contribution in [-0.2, 0) is 6.54 Å². The molecule has 2 aromatic rings. The first-order chi connectivity index (χ1) is 8.54. The summed E-state index contributed by atoms with van der Waals surface area (Å²) >= 11 is 15.2. The maximum atomic E-state index is 13.1. The van der Waals surface area contributed by atoms with E-state index >= 15 is 0 Å². The summed E-state index contributed by atoms with van der Waals surface area (Å²) in [5, 5.41) is 4.12. The Morgan fingerprint density at radius 2 is 1.89 bits per heavy atom. The molecule has 5 heteroatoms. The molecule has 0 fully saturated rings. The van der Waals surface area contributed by atoms with E-state index in [0.29, 0.717) is 16.6 Å². The summed E-state index contributed by atoms with van der Waals surface area (Å²) in [6.07, 6.45) is 0.